The number of likely N-dealkylation sites (tertiary alicyclic amines) is 1. The minimum absolute atomic E-state index is 0.00923. The Bertz CT molecular complexity index is 737. The third-order valence-corrected chi connectivity index (χ3v) is 5.02. The molecule has 1 aromatic rings. The van der Waals surface area contributed by atoms with Gasteiger partial charge in [0.15, 0.2) is 17.3 Å². The first kappa shape index (κ1) is 23.5. The van der Waals surface area contributed by atoms with Gasteiger partial charge in [-0.05, 0) is 51.3 Å². The lowest BCUT2D eigenvalue weighted by Crippen LogP contribution is -2.53. The molecular weight excluding hydrogens is 400 g/mol. The van der Waals surface area contributed by atoms with Crippen molar-refractivity contribution >= 4 is 5.91 Å². The van der Waals surface area contributed by atoms with Crippen LogP contribution in [0.25, 0.3) is 0 Å². The first-order valence-electron chi connectivity index (χ1n) is 9.29. The molecule has 1 amide bonds. The van der Waals surface area contributed by atoms with Crippen molar-refractivity contribution in [1.82, 2.24) is 10.2 Å². The zero-order valence-electron chi connectivity index (χ0n) is 16.3. The van der Waals surface area contributed by atoms with E-state index in [-0.39, 0.29) is 6.54 Å². The number of benzene rings is 1. The summed E-state index contributed by atoms with van der Waals surface area (Å²) in [6, 6.07) is -1.43. The molecule has 4 nitrogen and oxygen atoms in total. The van der Waals surface area contributed by atoms with Gasteiger partial charge in [0.05, 0.1) is 12.6 Å². The van der Waals surface area contributed by atoms with Gasteiger partial charge in [-0.25, -0.2) is 26.3 Å². The molecule has 164 valence electrons. The number of amides is 1. The van der Waals surface area contributed by atoms with Gasteiger partial charge in [-0.1, -0.05) is 0 Å². The Hall–Kier alpha value is -1.81. The molecule has 3 N–H and O–H groups in total. The molecular formula is C19H25F6N3O. The van der Waals surface area contributed by atoms with Crippen molar-refractivity contribution in [2.45, 2.75) is 56.8 Å². The molecule has 0 bridgehead atoms. The Labute approximate surface area is 165 Å². The standard InChI is InChI=1S/C19H25F6N3O/c1-18(2,23)17(29)27-9-12-4-3-5-28(12)10-19(24,25)16(26)7-11-6-14(21)15(22)8-13(11)20/h6,8,12,16H,3-5,7,9-10,26H2,1-2H3,(H,27,29)/t12?,16-/m1/s1. The number of rotatable bonds is 8. The van der Waals surface area contributed by atoms with Crippen LogP contribution in [0.2, 0.25) is 0 Å². The second kappa shape index (κ2) is 8.91. The molecule has 1 saturated heterocycles. The van der Waals surface area contributed by atoms with Crippen LogP contribution in [0.5, 0.6) is 0 Å². The third kappa shape index (κ3) is 6.08. The number of hydrogen-bond donors (Lipinski definition) is 2. The molecule has 2 rings (SSSR count). The van der Waals surface area contributed by atoms with Gasteiger partial charge in [0.1, 0.15) is 5.82 Å². The molecule has 0 spiro atoms. The molecule has 0 aromatic heterocycles. The lowest BCUT2D eigenvalue weighted by Gasteiger charge is -2.32. The first-order valence-corrected chi connectivity index (χ1v) is 9.29. The highest BCUT2D eigenvalue weighted by Gasteiger charge is 2.42. The van der Waals surface area contributed by atoms with Gasteiger partial charge in [0.25, 0.3) is 11.8 Å². The van der Waals surface area contributed by atoms with Crippen LogP contribution in [0.3, 0.4) is 0 Å². The Morgan fingerprint density at radius 3 is 2.45 bits per heavy atom. The Kier molecular flexibility index (Phi) is 7.21. The Balaban J connectivity index is 1.99. The van der Waals surface area contributed by atoms with Crippen LogP contribution in [0.1, 0.15) is 32.3 Å². The normalized spacial score (nSPS) is 19.4. The van der Waals surface area contributed by atoms with E-state index in [0.717, 1.165) is 13.8 Å². The van der Waals surface area contributed by atoms with Crippen LogP contribution < -0.4 is 11.1 Å². The van der Waals surface area contributed by atoms with Crippen LogP contribution >= 0.6 is 0 Å². The maximum Gasteiger partial charge on any atom is 0.275 e. The van der Waals surface area contributed by atoms with Crippen molar-refractivity contribution in [1.29, 1.82) is 0 Å². The number of carbonyl (C=O) groups excluding carboxylic acids is 1. The molecule has 1 aliphatic heterocycles. The van der Waals surface area contributed by atoms with Crippen molar-refractivity contribution in [3.63, 3.8) is 0 Å². The first-order chi connectivity index (χ1) is 13.3. The Morgan fingerprint density at radius 1 is 1.21 bits per heavy atom. The van der Waals surface area contributed by atoms with Gasteiger partial charge in [0, 0.05) is 18.7 Å². The summed E-state index contributed by atoms with van der Waals surface area (Å²) >= 11 is 0. The van der Waals surface area contributed by atoms with E-state index in [1.165, 1.54) is 4.90 Å². The summed E-state index contributed by atoms with van der Waals surface area (Å²) in [4.78, 5) is 13.1. The van der Waals surface area contributed by atoms with E-state index in [2.05, 4.69) is 5.32 Å². The van der Waals surface area contributed by atoms with E-state index in [1.807, 2.05) is 0 Å². The van der Waals surface area contributed by atoms with Crippen molar-refractivity contribution in [2.75, 3.05) is 19.6 Å². The molecule has 1 heterocycles. The Morgan fingerprint density at radius 2 is 1.83 bits per heavy atom. The van der Waals surface area contributed by atoms with Crippen molar-refractivity contribution in [3.05, 3.63) is 35.1 Å². The number of carbonyl (C=O) groups is 1. The summed E-state index contributed by atoms with van der Waals surface area (Å²) in [6.07, 6.45) is 0.472. The fourth-order valence-corrected chi connectivity index (χ4v) is 3.25. The molecule has 0 radical (unpaired) electrons. The molecule has 1 unspecified atom stereocenters. The number of alkyl halides is 3. The predicted molar refractivity (Wildman–Crippen MR) is 95.7 cm³/mol. The van der Waals surface area contributed by atoms with Gasteiger partial charge in [-0.3, -0.25) is 9.69 Å². The summed E-state index contributed by atoms with van der Waals surface area (Å²) in [5, 5.41) is 2.41. The zero-order valence-corrected chi connectivity index (χ0v) is 16.3. The second-order valence-electron chi connectivity index (χ2n) is 7.88. The summed E-state index contributed by atoms with van der Waals surface area (Å²) in [6.45, 7) is 1.79. The topological polar surface area (TPSA) is 58.4 Å². The molecule has 2 atom stereocenters. The van der Waals surface area contributed by atoms with Crippen LogP contribution in [0.4, 0.5) is 26.3 Å². The summed E-state index contributed by atoms with van der Waals surface area (Å²) in [5.74, 6) is -8.19. The number of nitrogens with zero attached hydrogens (tertiary/aromatic N) is 1. The molecule has 10 heteroatoms. The lowest BCUT2D eigenvalue weighted by atomic mass is 10.00. The summed E-state index contributed by atoms with van der Waals surface area (Å²) in [5.41, 5.74) is 3.05. The highest BCUT2D eigenvalue weighted by Crippen LogP contribution is 2.27. The van der Waals surface area contributed by atoms with E-state index < -0.39 is 65.6 Å². The molecule has 0 aliphatic carbocycles. The van der Waals surface area contributed by atoms with Crippen LogP contribution in [0.15, 0.2) is 12.1 Å². The van der Waals surface area contributed by atoms with Crippen molar-refractivity contribution < 1.29 is 31.1 Å². The molecule has 29 heavy (non-hydrogen) atoms. The fourth-order valence-electron chi connectivity index (χ4n) is 3.25. The average Bonchev–Trinajstić information content (AvgIpc) is 3.02. The fraction of sp³-hybridized carbons (Fsp3) is 0.632. The van der Waals surface area contributed by atoms with Gasteiger partial charge in [-0.2, -0.15) is 0 Å². The highest BCUT2D eigenvalue weighted by molar-refractivity contribution is 5.84. The molecule has 1 fully saturated rings. The van der Waals surface area contributed by atoms with E-state index in [4.69, 9.17) is 5.73 Å². The summed E-state index contributed by atoms with van der Waals surface area (Å²) < 4.78 is 82.8. The SMILES string of the molecule is CC(C)(F)C(=O)NCC1CCCN1CC(F)(F)[C@H](N)Cc1cc(F)c(F)cc1F. The zero-order chi connectivity index (χ0) is 22.0. The van der Waals surface area contributed by atoms with Gasteiger partial charge in [0.2, 0.25) is 0 Å². The van der Waals surface area contributed by atoms with E-state index in [1.54, 1.807) is 0 Å². The summed E-state index contributed by atoms with van der Waals surface area (Å²) in [7, 11) is 0. The monoisotopic (exact) mass is 425 g/mol. The number of nitrogens with one attached hydrogen (secondary N) is 1. The quantitative estimate of drug-likeness (QED) is 0.498. The number of hydrogen-bond acceptors (Lipinski definition) is 3. The average molecular weight is 425 g/mol. The largest absolute Gasteiger partial charge is 0.352 e. The predicted octanol–water partition coefficient (Wildman–Crippen LogP) is 2.94. The third-order valence-electron chi connectivity index (χ3n) is 5.02. The van der Waals surface area contributed by atoms with Crippen molar-refractivity contribution in [2.24, 2.45) is 5.73 Å². The number of nitrogens with two attached hydrogens (primary N) is 1. The molecule has 1 aliphatic rings. The smallest absolute Gasteiger partial charge is 0.275 e. The van der Waals surface area contributed by atoms with Gasteiger partial charge >= 0.3 is 0 Å². The van der Waals surface area contributed by atoms with E-state index in [9.17, 15) is 31.1 Å². The lowest BCUT2D eigenvalue weighted by molar-refractivity contribution is -0.131. The molecule has 1 aromatic carbocycles. The maximum atomic E-state index is 14.6. The minimum Gasteiger partial charge on any atom is -0.352 e. The van der Waals surface area contributed by atoms with Gasteiger partial charge < -0.3 is 11.1 Å². The van der Waals surface area contributed by atoms with E-state index in [0.29, 0.717) is 31.5 Å². The maximum absolute atomic E-state index is 14.6. The highest BCUT2D eigenvalue weighted by atomic mass is 19.3. The van der Waals surface area contributed by atoms with E-state index >= 15 is 0 Å². The van der Waals surface area contributed by atoms with Crippen LogP contribution in [0, 0.1) is 17.5 Å². The second-order valence-corrected chi connectivity index (χ2v) is 7.88. The van der Waals surface area contributed by atoms with Crippen LogP contribution in [-0.4, -0.2) is 54.1 Å². The van der Waals surface area contributed by atoms with Crippen LogP contribution in [-0.2, 0) is 11.2 Å². The minimum atomic E-state index is -3.46. The molecule has 0 saturated carbocycles. The van der Waals surface area contributed by atoms with Crippen molar-refractivity contribution in [3.8, 4) is 0 Å². The number of halogens is 6. The van der Waals surface area contributed by atoms with Gasteiger partial charge in [-0.15, -0.1) is 0 Å².